The number of carbonyl (C=O) groups excluding carboxylic acids is 2. The van der Waals surface area contributed by atoms with Crippen molar-refractivity contribution in [2.45, 2.75) is 17.7 Å². The summed E-state index contributed by atoms with van der Waals surface area (Å²) in [5.41, 5.74) is 1.65. The summed E-state index contributed by atoms with van der Waals surface area (Å²) >= 11 is 0. The topological polar surface area (TPSA) is 117 Å². The van der Waals surface area contributed by atoms with Gasteiger partial charge < -0.3 is 10.6 Å². The fourth-order valence-corrected chi connectivity index (χ4v) is 4.01. The Hall–Kier alpha value is -3.20. The van der Waals surface area contributed by atoms with E-state index in [0.717, 1.165) is 0 Å². The number of fused-ring (bicyclic) bond motifs is 1. The first kappa shape index (κ1) is 19.6. The van der Waals surface area contributed by atoms with Crippen LogP contribution in [-0.2, 0) is 14.8 Å². The smallest absolute Gasteiger partial charge is 0.263 e. The molecule has 0 spiro atoms. The first-order valence-electron chi connectivity index (χ1n) is 8.69. The van der Waals surface area contributed by atoms with Gasteiger partial charge in [0.25, 0.3) is 15.9 Å². The Kier molecular flexibility index (Phi) is 5.74. The minimum absolute atomic E-state index is 0.180. The number of nitrogens with one attached hydrogen (secondary N) is 3. The fourth-order valence-electron chi connectivity index (χ4n) is 2.75. The molecule has 3 rings (SSSR count). The zero-order valence-corrected chi connectivity index (χ0v) is 16.0. The number of sulfonamides is 1. The third kappa shape index (κ3) is 4.37. The van der Waals surface area contributed by atoms with Crippen LogP contribution in [0.2, 0.25) is 0 Å². The largest absolute Gasteiger partial charge is 0.355 e. The van der Waals surface area contributed by atoms with Gasteiger partial charge in [0.15, 0.2) is 0 Å². The summed E-state index contributed by atoms with van der Waals surface area (Å²) in [4.78, 5) is 28.0. The van der Waals surface area contributed by atoms with E-state index in [0.29, 0.717) is 35.6 Å². The minimum Gasteiger partial charge on any atom is -0.355 e. The highest BCUT2D eigenvalue weighted by Crippen LogP contribution is 2.22. The van der Waals surface area contributed by atoms with Gasteiger partial charge in [-0.3, -0.25) is 19.3 Å². The highest BCUT2D eigenvalue weighted by Gasteiger charge is 2.29. The number of hydrogen-bond donors (Lipinski definition) is 3. The van der Waals surface area contributed by atoms with Gasteiger partial charge >= 0.3 is 0 Å². The van der Waals surface area contributed by atoms with Gasteiger partial charge in [-0.25, -0.2) is 8.42 Å². The maximum atomic E-state index is 12.0. The second-order valence-corrected chi connectivity index (χ2v) is 7.79. The van der Waals surface area contributed by atoms with Crippen molar-refractivity contribution in [1.29, 1.82) is 0 Å². The van der Waals surface area contributed by atoms with Crippen LogP contribution in [0.4, 0.5) is 5.69 Å². The summed E-state index contributed by atoms with van der Waals surface area (Å²) in [6, 6.07) is 13.2. The molecule has 2 aromatic rings. The molecule has 28 heavy (non-hydrogen) atoms. The molecule has 0 saturated heterocycles. The Morgan fingerprint density at radius 1 is 1.07 bits per heavy atom. The van der Waals surface area contributed by atoms with Crippen LogP contribution in [0.5, 0.6) is 0 Å². The summed E-state index contributed by atoms with van der Waals surface area (Å²) in [6.45, 7) is 0.315. The number of carbonyl (C=O) groups is 2. The molecule has 1 aliphatic heterocycles. The number of benzene rings is 2. The lowest BCUT2D eigenvalue weighted by molar-refractivity contribution is -0.116. The molecular formula is C19H20N4O4S. The Balaban J connectivity index is 1.51. The van der Waals surface area contributed by atoms with Crippen molar-refractivity contribution in [3.05, 3.63) is 59.7 Å². The molecule has 0 fully saturated rings. The van der Waals surface area contributed by atoms with Crippen molar-refractivity contribution in [2.24, 2.45) is 4.99 Å². The van der Waals surface area contributed by atoms with Gasteiger partial charge in [-0.05, 0) is 42.8 Å². The molecule has 0 radical (unpaired) electrons. The summed E-state index contributed by atoms with van der Waals surface area (Å²) in [5, 5.41) is 5.28. The number of amidine groups is 1. The van der Waals surface area contributed by atoms with Crippen molar-refractivity contribution in [3.8, 4) is 0 Å². The average molecular weight is 400 g/mol. The van der Waals surface area contributed by atoms with E-state index in [-0.39, 0.29) is 23.1 Å². The van der Waals surface area contributed by atoms with E-state index in [1.807, 2.05) is 0 Å². The zero-order valence-electron chi connectivity index (χ0n) is 15.2. The Labute approximate surface area is 163 Å². The Bertz CT molecular complexity index is 1030. The van der Waals surface area contributed by atoms with E-state index in [4.69, 9.17) is 0 Å². The number of aliphatic imine (C=N–C) groups is 1. The van der Waals surface area contributed by atoms with Crippen molar-refractivity contribution in [2.75, 3.05) is 18.9 Å². The molecule has 2 aromatic carbocycles. The van der Waals surface area contributed by atoms with Gasteiger partial charge in [-0.1, -0.05) is 12.1 Å². The lowest BCUT2D eigenvalue weighted by Gasteiger charge is -2.06. The predicted octanol–water partition coefficient (Wildman–Crippen LogP) is 1.50. The highest BCUT2D eigenvalue weighted by molar-refractivity contribution is 7.90. The maximum absolute atomic E-state index is 12.0. The average Bonchev–Trinajstić information content (AvgIpc) is 2.96. The van der Waals surface area contributed by atoms with Crippen molar-refractivity contribution in [3.63, 3.8) is 0 Å². The summed E-state index contributed by atoms with van der Waals surface area (Å²) in [5.74, 6) is -0.0674. The molecule has 0 bridgehead atoms. The number of anilines is 1. The van der Waals surface area contributed by atoms with E-state index >= 15 is 0 Å². The Morgan fingerprint density at radius 2 is 1.79 bits per heavy atom. The van der Waals surface area contributed by atoms with Crippen molar-refractivity contribution < 1.29 is 18.0 Å². The molecule has 3 N–H and O–H groups in total. The zero-order chi connectivity index (χ0) is 20.1. The third-order valence-corrected chi connectivity index (χ3v) is 5.55. The van der Waals surface area contributed by atoms with Crippen LogP contribution in [0, 0.1) is 0 Å². The maximum Gasteiger partial charge on any atom is 0.263 e. The van der Waals surface area contributed by atoms with E-state index in [9.17, 15) is 18.0 Å². The standard InChI is InChI=1S/C19H20N4O4S/c1-20-19(25)13-8-10-14(11-9-13)22-17(24)7-4-12-21-18-15-5-2-3-6-16(15)28(26,27)23-18/h2-3,5-6,8-11H,4,7,12H2,1H3,(H,20,25)(H,21,23)(H,22,24). The summed E-state index contributed by atoms with van der Waals surface area (Å²) in [6.07, 6.45) is 0.706. The van der Waals surface area contributed by atoms with Gasteiger partial charge in [-0.15, -0.1) is 0 Å². The second kappa shape index (κ2) is 8.22. The number of amides is 2. The van der Waals surface area contributed by atoms with Crippen LogP contribution >= 0.6 is 0 Å². The van der Waals surface area contributed by atoms with Gasteiger partial charge in [0, 0.05) is 36.8 Å². The monoisotopic (exact) mass is 400 g/mol. The number of nitrogens with zero attached hydrogens (tertiary/aromatic N) is 1. The molecule has 2 amide bonds. The van der Waals surface area contributed by atoms with Crippen LogP contribution in [0.15, 0.2) is 58.4 Å². The van der Waals surface area contributed by atoms with Crippen LogP contribution in [-0.4, -0.2) is 39.7 Å². The normalized spacial score (nSPS) is 15.5. The highest BCUT2D eigenvalue weighted by atomic mass is 32.2. The van der Waals surface area contributed by atoms with Gasteiger partial charge in [0.1, 0.15) is 5.84 Å². The Morgan fingerprint density at radius 3 is 2.50 bits per heavy atom. The molecule has 8 nitrogen and oxygen atoms in total. The molecular weight excluding hydrogens is 380 g/mol. The molecule has 146 valence electrons. The minimum atomic E-state index is -3.55. The van der Waals surface area contributed by atoms with Gasteiger partial charge in [-0.2, -0.15) is 0 Å². The molecule has 0 aliphatic carbocycles. The molecule has 1 aliphatic rings. The molecule has 0 atom stereocenters. The lowest BCUT2D eigenvalue weighted by atomic mass is 10.2. The van der Waals surface area contributed by atoms with Crippen LogP contribution < -0.4 is 15.4 Å². The fraction of sp³-hybridized carbons (Fsp3) is 0.211. The molecule has 0 aromatic heterocycles. The van der Waals surface area contributed by atoms with Crippen LogP contribution in [0.3, 0.4) is 0 Å². The van der Waals surface area contributed by atoms with Gasteiger partial charge in [0.05, 0.1) is 4.90 Å². The second-order valence-electron chi connectivity index (χ2n) is 6.14. The van der Waals surface area contributed by atoms with Gasteiger partial charge in [0.2, 0.25) is 5.91 Å². The predicted molar refractivity (Wildman–Crippen MR) is 106 cm³/mol. The first-order valence-corrected chi connectivity index (χ1v) is 10.2. The lowest BCUT2D eigenvalue weighted by Crippen LogP contribution is -2.22. The van der Waals surface area contributed by atoms with E-state index in [1.54, 1.807) is 49.5 Å². The SMILES string of the molecule is CNC(=O)c1ccc(NC(=O)CCCN=C2NS(=O)(=O)c3ccccc32)cc1. The van der Waals surface area contributed by atoms with Crippen LogP contribution in [0.25, 0.3) is 0 Å². The number of rotatable bonds is 6. The van der Waals surface area contributed by atoms with E-state index in [1.165, 1.54) is 6.07 Å². The third-order valence-electron chi connectivity index (χ3n) is 4.15. The number of hydrogen-bond acceptors (Lipinski definition) is 5. The van der Waals surface area contributed by atoms with E-state index in [2.05, 4.69) is 20.3 Å². The first-order chi connectivity index (χ1) is 13.4. The van der Waals surface area contributed by atoms with Crippen molar-refractivity contribution >= 4 is 33.4 Å². The van der Waals surface area contributed by atoms with E-state index < -0.39 is 10.0 Å². The summed E-state index contributed by atoms with van der Waals surface area (Å²) < 4.78 is 26.5. The van der Waals surface area contributed by atoms with Crippen molar-refractivity contribution in [1.82, 2.24) is 10.0 Å². The van der Waals surface area contributed by atoms with Crippen LogP contribution in [0.1, 0.15) is 28.8 Å². The molecule has 9 heteroatoms. The summed E-state index contributed by atoms with van der Waals surface area (Å²) in [7, 11) is -2.00. The molecule has 0 saturated carbocycles. The molecule has 1 heterocycles. The quantitative estimate of drug-likeness (QED) is 0.637. The molecule has 0 unspecified atom stereocenters.